The minimum absolute atomic E-state index is 0.230. The van der Waals surface area contributed by atoms with Crippen LogP contribution in [-0.2, 0) is 13.0 Å². The molecule has 3 heteroatoms. The summed E-state index contributed by atoms with van der Waals surface area (Å²) >= 11 is 0. The van der Waals surface area contributed by atoms with E-state index in [-0.39, 0.29) is 5.82 Å². The summed E-state index contributed by atoms with van der Waals surface area (Å²) in [5.41, 5.74) is 2.16. The molecule has 2 aromatic carbocycles. The standard InChI is InChI=1S/C17H20FNO/c1-19-13-15-12-16(18)9-10-17(15)20-11-5-8-14-6-3-2-4-7-14/h2-4,6-7,9-10,12,19H,5,8,11,13H2,1H3. The fraction of sp³-hybridized carbons (Fsp3) is 0.294. The van der Waals surface area contributed by atoms with Crippen molar-refractivity contribution in [3.8, 4) is 5.75 Å². The molecule has 20 heavy (non-hydrogen) atoms. The lowest BCUT2D eigenvalue weighted by Crippen LogP contribution is -2.09. The van der Waals surface area contributed by atoms with Crippen LogP contribution in [0.3, 0.4) is 0 Å². The van der Waals surface area contributed by atoms with E-state index < -0.39 is 0 Å². The van der Waals surface area contributed by atoms with Crippen LogP contribution in [0.25, 0.3) is 0 Å². The molecule has 0 aromatic heterocycles. The van der Waals surface area contributed by atoms with Crippen LogP contribution in [0.4, 0.5) is 4.39 Å². The van der Waals surface area contributed by atoms with E-state index >= 15 is 0 Å². The SMILES string of the molecule is CNCc1cc(F)ccc1OCCCc1ccccc1. The molecule has 0 unspecified atom stereocenters. The van der Waals surface area contributed by atoms with Crippen molar-refractivity contribution < 1.29 is 9.13 Å². The van der Waals surface area contributed by atoms with Crippen LogP contribution in [0.1, 0.15) is 17.5 Å². The van der Waals surface area contributed by atoms with Gasteiger partial charge in [-0.1, -0.05) is 30.3 Å². The smallest absolute Gasteiger partial charge is 0.123 e. The van der Waals surface area contributed by atoms with Gasteiger partial charge in [-0.15, -0.1) is 0 Å². The molecule has 0 aliphatic heterocycles. The molecule has 2 aromatic rings. The molecule has 0 fully saturated rings. The van der Waals surface area contributed by atoms with Crippen LogP contribution in [0.15, 0.2) is 48.5 Å². The summed E-state index contributed by atoms with van der Waals surface area (Å²) < 4.78 is 19.0. The Balaban J connectivity index is 1.84. The maximum Gasteiger partial charge on any atom is 0.123 e. The molecule has 0 spiro atoms. The minimum atomic E-state index is -0.230. The molecule has 0 bridgehead atoms. The van der Waals surface area contributed by atoms with Crippen molar-refractivity contribution in [2.45, 2.75) is 19.4 Å². The third-order valence-electron chi connectivity index (χ3n) is 3.10. The Labute approximate surface area is 119 Å². The van der Waals surface area contributed by atoms with Gasteiger partial charge in [0.05, 0.1) is 6.61 Å². The molecule has 0 saturated carbocycles. The van der Waals surface area contributed by atoms with E-state index in [0.29, 0.717) is 13.2 Å². The van der Waals surface area contributed by atoms with E-state index in [1.54, 1.807) is 6.07 Å². The van der Waals surface area contributed by atoms with Crippen LogP contribution in [-0.4, -0.2) is 13.7 Å². The van der Waals surface area contributed by atoms with Crippen LogP contribution in [0, 0.1) is 5.82 Å². The Kier molecular flexibility index (Phi) is 5.56. The lowest BCUT2D eigenvalue weighted by Gasteiger charge is -2.11. The number of halogens is 1. The second kappa shape index (κ2) is 7.65. The van der Waals surface area contributed by atoms with Crippen LogP contribution < -0.4 is 10.1 Å². The Morgan fingerprint density at radius 1 is 1.10 bits per heavy atom. The Hall–Kier alpha value is -1.87. The second-order valence-corrected chi connectivity index (χ2v) is 4.72. The van der Waals surface area contributed by atoms with Crippen molar-refractivity contribution >= 4 is 0 Å². The summed E-state index contributed by atoms with van der Waals surface area (Å²) in [6.07, 6.45) is 1.93. The minimum Gasteiger partial charge on any atom is -0.493 e. The molecule has 106 valence electrons. The van der Waals surface area contributed by atoms with Gasteiger partial charge in [0.25, 0.3) is 0 Å². The topological polar surface area (TPSA) is 21.3 Å². The van der Waals surface area contributed by atoms with E-state index in [0.717, 1.165) is 24.2 Å². The highest BCUT2D eigenvalue weighted by atomic mass is 19.1. The molecule has 0 aliphatic carbocycles. The average molecular weight is 273 g/mol. The molecule has 0 heterocycles. The monoisotopic (exact) mass is 273 g/mol. The lowest BCUT2D eigenvalue weighted by molar-refractivity contribution is 0.307. The molecule has 2 rings (SSSR count). The summed E-state index contributed by atoms with van der Waals surface area (Å²) in [7, 11) is 1.84. The first-order valence-electron chi connectivity index (χ1n) is 6.89. The van der Waals surface area contributed by atoms with E-state index in [1.165, 1.54) is 17.7 Å². The zero-order valence-corrected chi connectivity index (χ0v) is 11.7. The van der Waals surface area contributed by atoms with Gasteiger partial charge in [-0.3, -0.25) is 0 Å². The highest BCUT2D eigenvalue weighted by molar-refractivity contribution is 5.33. The van der Waals surface area contributed by atoms with E-state index in [4.69, 9.17) is 4.74 Å². The number of benzene rings is 2. The first-order chi connectivity index (χ1) is 9.79. The maximum absolute atomic E-state index is 13.2. The normalized spacial score (nSPS) is 10.5. The quantitative estimate of drug-likeness (QED) is 0.779. The summed E-state index contributed by atoms with van der Waals surface area (Å²) in [5, 5.41) is 3.02. The Morgan fingerprint density at radius 2 is 1.90 bits per heavy atom. The fourth-order valence-electron chi connectivity index (χ4n) is 2.12. The van der Waals surface area contributed by atoms with Gasteiger partial charge in [0.2, 0.25) is 0 Å². The first-order valence-corrected chi connectivity index (χ1v) is 6.89. The van der Waals surface area contributed by atoms with Crippen molar-refractivity contribution in [2.75, 3.05) is 13.7 Å². The maximum atomic E-state index is 13.2. The van der Waals surface area contributed by atoms with Gasteiger partial charge in [-0.25, -0.2) is 4.39 Å². The highest BCUT2D eigenvalue weighted by Crippen LogP contribution is 2.20. The summed E-state index contributed by atoms with van der Waals surface area (Å²) in [6, 6.07) is 15.0. The van der Waals surface area contributed by atoms with Gasteiger partial charge in [0.1, 0.15) is 11.6 Å². The van der Waals surface area contributed by atoms with Crippen LogP contribution >= 0.6 is 0 Å². The molecule has 0 amide bonds. The number of rotatable bonds is 7. The van der Waals surface area contributed by atoms with Gasteiger partial charge < -0.3 is 10.1 Å². The van der Waals surface area contributed by atoms with E-state index in [9.17, 15) is 4.39 Å². The predicted molar refractivity (Wildman–Crippen MR) is 79.4 cm³/mol. The van der Waals surface area contributed by atoms with Gasteiger partial charge >= 0.3 is 0 Å². The summed E-state index contributed by atoms with van der Waals surface area (Å²) in [6.45, 7) is 1.24. The largest absolute Gasteiger partial charge is 0.493 e. The predicted octanol–water partition coefficient (Wildman–Crippen LogP) is 3.56. The van der Waals surface area contributed by atoms with Gasteiger partial charge in [-0.05, 0) is 43.7 Å². The van der Waals surface area contributed by atoms with E-state index in [1.807, 2.05) is 25.2 Å². The van der Waals surface area contributed by atoms with Gasteiger partial charge in [0, 0.05) is 12.1 Å². The number of aryl methyl sites for hydroxylation is 1. The number of hydrogen-bond acceptors (Lipinski definition) is 2. The third-order valence-corrected chi connectivity index (χ3v) is 3.10. The fourth-order valence-corrected chi connectivity index (χ4v) is 2.12. The zero-order chi connectivity index (χ0) is 14.2. The summed E-state index contributed by atoms with van der Waals surface area (Å²) in [4.78, 5) is 0. The van der Waals surface area contributed by atoms with Crippen molar-refractivity contribution in [1.29, 1.82) is 0 Å². The van der Waals surface area contributed by atoms with Gasteiger partial charge in [-0.2, -0.15) is 0 Å². The number of ether oxygens (including phenoxy) is 1. The van der Waals surface area contributed by atoms with Crippen LogP contribution in [0.2, 0.25) is 0 Å². The molecular weight excluding hydrogens is 253 g/mol. The molecule has 0 aliphatic rings. The molecule has 0 atom stereocenters. The molecule has 0 radical (unpaired) electrons. The zero-order valence-electron chi connectivity index (χ0n) is 11.7. The molecule has 1 N–H and O–H groups in total. The Morgan fingerprint density at radius 3 is 2.65 bits per heavy atom. The molecular formula is C17H20FNO. The number of hydrogen-bond donors (Lipinski definition) is 1. The number of nitrogens with one attached hydrogen (secondary N) is 1. The first kappa shape index (κ1) is 14.5. The van der Waals surface area contributed by atoms with Crippen molar-refractivity contribution in [1.82, 2.24) is 5.32 Å². The third kappa shape index (κ3) is 4.35. The highest BCUT2D eigenvalue weighted by Gasteiger charge is 2.04. The summed E-state index contributed by atoms with van der Waals surface area (Å²) in [5.74, 6) is 0.528. The molecule has 2 nitrogen and oxygen atoms in total. The van der Waals surface area contributed by atoms with Crippen molar-refractivity contribution in [3.05, 3.63) is 65.5 Å². The molecule has 0 saturated heterocycles. The van der Waals surface area contributed by atoms with E-state index in [2.05, 4.69) is 17.4 Å². The van der Waals surface area contributed by atoms with Crippen molar-refractivity contribution in [2.24, 2.45) is 0 Å². The van der Waals surface area contributed by atoms with Crippen molar-refractivity contribution in [3.63, 3.8) is 0 Å². The lowest BCUT2D eigenvalue weighted by atomic mass is 10.1. The Bertz CT molecular complexity index is 528. The van der Waals surface area contributed by atoms with Crippen LogP contribution in [0.5, 0.6) is 5.75 Å². The average Bonchev–Trinajstić information content (AvgIpc) is 2.47. The van der Waals surface area contributed by atoms with Gasteiger partial charge in [0.15, 0.2) is 0 Å². The second-order valence-electron chi connectivity index (χ2n) is 4.72.